The topological polar surface area (TPSA) is 26.0 Å². The van der Waals surface area contributed by atoms with Crippen molar-refractivity contribution in [2.45, 2.75) is 32.2 Å². The lowest BCUT2D eigenvalue weighted by atomic mass is 9.96. The van der Waals surface area contributed by atoms with Crippen LogP contribution in [0.4, 0.5) is 0 Å². The van der Waals surface area contributed by atoms with Crippen LogP contribution in [0.1, 0.15) is 35.6 Å². The van der Waals surface area contributed by atoms with E-state index in [1.165, 1.54) is 16.7 Å². The third kappa shape index (κ3) is 4.09. The fourth-order valence-electron chi connectivity index (χ4n) is 2.38. The second-order valence-electron chi connectivity index (χ2n) is 4.99. The highest BCUT2D eigenvalue weighted by Crippen LogP contribution is 2.23. The lowest BCUT2D eigenvalue weighted by molar-refractivity contribution is 0.609. The van der Waals surface area contributed by atoms with Gasteiger partial charge in [-0.3, -0.25) is 0 Å². The molecule has 1 nitrogen and oxygen atoms in total. The monoisotopic (exact) mass is 273 g/mol. The molecule has 0 aromatic heterocycles. The van der Waals surface area contributed by atoms with Crippen molar-refractivity contribution < 1.29 is 0 Å². The summed E-state index contributed by atoms with van der Waals surface area (Å²) in [6.45, 7) is 2.07. The standard InChI is InChI=1S/C17H20ClN/c1-13-12-15(18)10-11-16(13)17(19)9-5-8-14-6-3-2-4-7-14/h2-4,6-7,10-12,17H,5,8-9,19H2,1H3. The first-order valence-electron chi connectivity index (χ1n) is 6.72. The van der Waals surface area contributed by atoms with Crippen LogP contribution in [0.25, 0.3) is 0 Å². The van der Waals surface area contributed by atoms with Crippen LogP contribution < -0.4 is 5.73 Å². The van der Waals surface area contributed by atoms with Gasteiger partial charge in [0.2, 0.25) is 0 Å². The van der Waals surface area contributed by atoms with Crippen LogP contribution in [0.2, 0.25) is 5.02 Å². The molecule has 19 heavy (non-hydrogen) atoms. The van der Waals surface area contributed by atoms with Gasteiger partial charge in [0.25, 0.3) is 0 Å². The predicted octanol–water partition coefficient (Wildman–Crippen LogP) is 4.67. The molecular formula is C17H20ClN. The number of nitrogens with two attached hydrogens (primary N) is 1. The van der Waals surface area contributed by atoms with Crippen LogP contribution in [0.3, 0.4) is 0 Å². The van der Waals surface area contributed by atoms with E-state index in [1.54, 1.807) is 0 Å². The maximum absolute atomic E-state index is 6.27. The van der Waals surface area contributed by atoms with Gasteiger partial charge in [-0.25, -0.2) is 0 Å². The van der Waals surface area contributed by atoms with Crippen LogP contribution in [-0.2, 0) is 6.42 Å². The van der Waals surface area contributed by atoms with E-state index in [-0.39, 0.29) is 6.04 Å². The van der Waals surface area contributed by atoms with E-state index in [0.717, 1.165) is 24.3 Å². The minimum absolute atomic E-state index is 0.0981. The zero-order valence-corrected chi connectivity index (χ0v) is 12.0. The normalized spacial score (nSPS) is 12.4. The number of halogens is 1. The van der Waals surface area contributed by atoms with E-state index in [0.29, 0.717) is 0 Å². The SMILES string of the molecule is Cc1cc(Cl)ccc1C(N)CCCc1ccccc1. The van der Waals surface area contributed by atoms with Crippen molar-refractivity contribution >= 4 is 11.6 Å². The van der Waals surface area contributed by atoms with Crippen LogP contribution in [0, 0.1) is 6.92 Å². The predicted molar refractivity (Wildman–Crippen MR) is 82.5 cm³/mol. The Kier molecular flexibility index (Phi) is 5.00. The van der Waals surface area contributed by atoms with E-state index in [9.17, 15) is 0 Å². The number of hydrogen-bond acceptors (Lipinski definition) is 1. The first kappa shape index (κ1) is 14.1. The van der Waals surface area contributed by atoms with Gasteiger partial charge in [-0.15, -0.1) is 0 Å². The highest BCUT2D eigenvalue weighted by atomic mass is 35.5. The molecule has 0 fully saturated rings. The highest BCUT2D eigenvalue weighted by Gasteiger charge is 2.09. The van der Waals surface area contributed by atoms with Crippen molar-refractivity contribution in [3.05, 3.63) is 70.2 Å². The summed E-state index contributed by atoms with van der Waals surface area (Å²) in [5.74, 6) is 0. The van der Waals surface area contributed by atoms with Crippen LogP contribution in [0.15, 0.2) is 48.5 Å². The Hall–Kier alpha value is -1.31. The zero-order valence-electron chi connectivity index (χ0n) is 11.3. The molecule has 100 valence electrons. The van der Waals surface area contributed by atoms with E-state index in [2.05, 4.69) is 31.2 Å². The smallest absolute Gasteiger partial charge is 0.0408 e. The second kappa shape index (κ2) is 6.74. The molecule has 0 aliphatic rings. The Morgan fingerprint density at radius 1 is 1.11 bits per heavy atom. The van der Waals surface area contributed by atoms with Gasteiger partial charge in [0, 0.05) is 11.1 Å². The van der Waals surface area contributed by atoms with Gasteiger partial charge in [0.1, 0.15) is 0 Å². The lowest BCUT2D eigenvalue weighted by Crippen LogP contribution is -2.12. The maximum Gasteiger partial charge on any atom is 0.0408 e. The summed E-state index contributed by atoms with van der Waals surface area (Å²) in [5.41, 5.74) is 10.0. The fourth-order valence-corrected chi connectivity index (χ4v) is 2.61. The molecule has 2 heteroatoms. The molecule has 1 unspecified atom stereocenters. The summed E-state index contributed by atoms with van der Waals surface area (Å²) in [6.07, 6.45) is 3.19. The Morgan fingerprint density at radius 3 is 2.53 bits per heavy atom. The molecule has 2 N–H and O–H groups in total. The summed E-state index contributed by atoms with van der Waals surface area (Å²) >= 11 is 5.97. The van der Waals surface area contributed by atoms with Crippen LogP contribution in [0.5, 0.6) is 0 Å². The second-order valence-corrected chi connectivity index (χ2v) is 5.42. The molecule has 0 bridgehead atoms. The number of rotatable bonds is 5. The summed E-state index contributed by atoms with van der Waals surface area (Å²) in [6, 6.07) is 16.6. The van der Waals surface area contributed by atoms with Gasteiger partial charge in [0.05, 0.1) is 0 Å². The molecule has 0 aliphatic heterocycles. The molecule has 0 aliphatic carbocycles. The summed E-state index contributed by atoms with van der Waals surface area (Å²) in [5, 5.41) is 0.776. The molecule has 0 radical (unpaired) electrons. The quantitative estimate of drug-likeness (QED) is 0.842. The average Bonchev–Trinajstić information content (AvgIpc) is 2.39. The first-order valence-corrected chi connectivity index (χ1v) is 7.10. The van der Waals surface area contributed by atoms with E-state index >= 15 is 0 Å². The Balaban J connectivity index is 1.89. The average molecular weight is 274 g/mol. The molecule has 2 rings (SSSR count). The van der Waals surface area contributed by atoms with Crippen LogP contribution in [-0.4, -0.2) is 0 Å². The maximum atomic E-state index is 6.27. The molecule has 2 aromatic carbocycles. The van der Waals surface area contributed by atoms with Crippen LogP contribution >= 0.6 is 11.6 Å². The third-order valence-corrected chi connectivity index (χ3v) is 3.69. The van der Waals surface area contributed by atoms with Crippen molar-refractivity contribution in [3.63, 3.8) is 0 Å². The van der Waals surface area contributed by atoms with Crippen molar-refractivity contribution in [3.8, 4) is 0 Å². The van der Waals surface area contributed by atoms with E-state index in [1.807, 2.05) is 24.3 Å². The van der Waals surface area contributed by atoms with E-state index < -0.39 is 0 Å². The number of aryl methyl sites for hydroxylation is 2. The zero-order chi connectivity index (χ0) is 13.7. The van der Waals surface area contributed by atoms with Gasteiger partial charge in [-0.05, 0) is 55.0 Å². The van der Waals surface area contributed by atoms with Gasteiger partial charge < -0.3 is 5.73 Å². The largest absolute Gasteiger partial charge is 0.324 e. The van der Waals surface area contributed by atoms with Gasteiger partial charge >= 0.3 is 0 Å². The van der Waals surface area contributed by atoms with Gasteiger partial charge in [0.15, 0.2) is 0 Å². The van der Waals surface area contributed by atoms with Gasteiger partial charge in [-0.2, -0.15) is 0 Å². The molecule has 0 saturated heterocycles. The summed E-state index contributed by atoms with van der Waals surface area (Å²) < 4.78 is 0. The summed E-state index contributed by atoms with van der Waals surface area (Å²) in [7, 11) is 0. The Bertz CT molecular complexity index is 522. The van der Waals surface area contributed by atoms with E-state index in [4.69, 9.17) is 17.3 Å². The molecule has 0 saturated carbocycles. The Labute approximate surface area is 120 Å². The number of benzene rings is 2. The van der Waals surface area contributed by atoms with Gasteiger partial charge in [-0.1, -0.05) is 48.0 Å². The molecular weight excluding hydrogens is 254 g/mol. The molecule has 0 heterocycles. The molecule has 0 spiro atoms. The minimum Gasteiger partial charge on any atom is -0.324 e. The molecule has 1 atom stereocenters. The lowest BCUT2D eigenvalue weighted by Gasteiger charge is -2.15. The summed E-state index contributed by atoms with van der Waals surface area (Å²) in [4.78, 5) is 0. The highest BCUT2D eigenvalue weighted by molar-refractivity contribution is 6.30. The van der Waals surface area contributed by atoms with Crippen molar-refractivity contribution in [1.29, 1.82) is 0 Å². The Morgan fingerprint density at radius 2 is 1.84 bits per heavy atom. The molecule has 0 amide bonds. The number of hydrogen-bond donors (Lipinski definition) is 1. The van der Waals surface area contributed by atoms with Crippen molar-refractivity contribution in [2.75, 3.05) is 0 Å². The van der Waals surface area contributed by atoms with Crippen molar-refractivity contribution in [1.82, 2.24) is 0 Å². The third-order valence-electron chi connectivity index (χ3n) is 3.45. The molecule has 2 aromatic rings. The van der Waals surface area contributed by atoms with Crippen molar-refractivity contribution in [2.24, 2.45) is 5.73 Å². The first-order chi connectivity index (χ1) is 9.16. The fraction of sp³-hybridized carbons (Fsp3) is 0.294. The minimum atomic E-state index is 0.0981.